The van der Waals surface area contributed by atoms with Crippen LogP contribution < -0.4 is 0 Å². The molecule has 0 N–H and O–H groups in total. The van der Waals surface area contributed by atoms with Crippen LogP contribution in [-0.2, 0) is 23.0 Å². The number of ether oxygens (including phenoxy) is 1. The lowest BCUT2D eigenvalue weighted by Crippen LogP contribution is -2.12. The van der Waals surface area contributed by atoms with Crippen molar-refractivity contribution >= 4 is 5.97 Å². The molecule has 1 aliphatic rings. The average molecular weight is 206 g/mol. The van der Waals surface area contributed by atoms with E-state index in [0.29, 0.717) is 0 Å². The van der Waals surface area contributed by atoms with Crippen molar-refractivity contribution in [2.45, 2.75) is 19.8 Å². The van der Waals surface area contributed by atoms with Crippen molar-refractivity contribution in [3.05, 3.63) is 30.1 Å². The molecule has 0 unspecified atom stereocenters. The van der Waals surface area contributed by atoms with Crippen LogP contribution >= 0.6 is 0 Å². The molecule has 0 aromatic carbocycles. The summed E-state index contributed by atoms with van der Waals surface area (Å²) in [5, 5.41) is 0. The van der Waals surface area contributed by atoms with E-state index >= 15 is 0 Å². The Bertz CT molecular complexity index is 406. The largest absolute Gasteiger partial charge is 0.434 e. The molecule has 4 heteroatoms. The third-order valence-electron chi connectivity index (χ3n) is 2.77. The fraction of sp³-hybridized carbons (Fsp3) is 0.455. The molecule has 1 aliphatic heterocycles. The summed E-state index contributed by atoms with van der Waals surface area (Å²) in [6.45, 7) is 1.99. The van der Waals surface area contributed by atoms with Crippen LogP contribution in [0.15, 0.2) is 24.4 Å². The normalized spacial score (nSPS) is 20.3. The molecule has 0 amide bonds. The van der Waals surface area contributed by atoms with Gasteiger partial charge >= 0.3 is 5.97 Å². The van der Waals surface area contributed by atoms with Gasteiger partial charge in [0.1, 0.15) is 0 Å². The van der Waals surface area contributed by atoms with Crippen LogP contribution in [0.4, 0.5) is 0 Å². The first kappa shape index (κ1) is 9.96. The standard InChI is InChI=1S/C11H14N2O2/c1-3-10-8(6-15-11(10)14)4-9-5-12-7-13(9)2/h5-7,10H,3-4H2,1-2H3/t10-/m0/s1. The van der Waals surface area contributed by atoms with E-state index in [9.17, 15) is 4.79 Å². The van der Waals surface area contributed by atoms with Crippen molar-refractivity contribution in [3.63, 3.8) is 0 Å². The molecular formula is C11H14N2O2. The van der Waals surface area contributed by atoms with E-state index < -0.39 is 0 Å². The van der Waals surface area contributed by atoms with Crippen LogP contribution in [-0.4, -0.2) is 15.5 Å². The molecular weight excluding hydrogens is 192 g/mol. The van der Waals surface area contributed by atoms with Gasteiger partial charge in [0.15, 0.2) is 0 Å². The Morgan fingerprint density at radius 1 is 1.60 bits per heavy atom. The molecule has 0 radical (unpaired) electrons. The number of aromatic nitrogens is 2. The second-order valence-corrected chi connectivity index (χ2v) is 3.76. The number of cyclic esters (lactones) is 1. The summed E-state index contributed by atoms with van der Waals surface area (Å²) in [7, 11) is 1.95. The fourth-order valence-corrected chi connectivity index (χ4v) is 1.81. The Morgan fingerprint density at radius 3 is 3.00 bits per heavy atom. The predicted molar refractivity (Wildman–Crippen MR) is 54.9 cm³/mol. The first-order chi connectivity index (χ1) is 7.22. The lowest BCUT2D eigenvalue weighted by molar-refractivity contribution is -0.139. The zero-order chi connectivity index (χ0) is 10.8. The Kier molecular flexibility index (Phi) is 2.58. The number of hydrogen-bond acceptors (Lipinski definition) is 3. The van der Waals surface area contributed by atoms with Gasteiger partial charge in [0.25, 0.3) is 0 Å². The van der Waals surface area contributed by atoms with E-state index in [1.54, 1.807) is 12.6 Å². The van der Waals surface area contributed by atoms with Gasteiger partial charge < -0.3 is 9.30 Å². The Labute approximate surface area is 88.6 Å². The van der Waals surface area contributed by atoms with E-state index in [1.165, 1.54) is 0 Å². The van der Waals surface area contributed by atoms with Crippen LogP contribution in [0.2, 0.25) is 0 Å². The number of imidazole rings is 1. The van der Waals surface area contributed by atoms with Crippen molar-refractivity contribution in [1.29, 1.82) is 0 Å². The van der Waals surface area contributed by atoms with E-state index in [4.69, 9.17) is 4.74 Å². The highest BCUT2D eigenvalue weighted by molar-refractivity contribution is 5.79. The molecule has 0 fully saturated rings. The summed E-state index contributed by atoms with van der Waals surface area (Å²) in [5.74, 6) is -0.199. The minimum Gasteiger partial charge on any atom is -0.434 e. The second kappa shape index (κ2) is 3.88. The van der Waals surface area contributed by atoms with Crippen LogP contribution in [0.1, 0.15) is 19.0 Å². The highest BCUT2D eigenvalue weighted by Gasteiger charge is 2.28. The molecule has 1 atom stereocenters. The van der Waals surface area contributed by atoms with Gasteiger partial charge in [-0.25, -0.2) is 4.98 Å². The maximum absolute atomic E-state index is 11.3. The Balaban J connectivity index is 2.13. The zero-order valence-corrected chi connectivity index (χ0v) is 8.93. The molecule has 15 heavy (non-hydrogen) atoms. The summed E-state index contributed by atoms with van der Waals surface area (Å²) >= 11 is 0. The fourth-order valence-electron chi connectivity index (χ4n) is 1.81. The van der Waals surface area contributed by atoms with Crippen LogP contribution in [0.25, 0.3) is 0 Å². The number of carbonyl (C=O) groups excluding carboxylic acids is 1. The molecule has 2 rings (SSSR count). The number of esters is 1. The molecule has 0 aliphatic carbocycles. The Hall–Kier alpha value is -1.58. The molecule has 2 heterocycles. The number of aryl methyl sites for hydroxylation is 1. The smallest absolute Gasteiger partial charge is 0.318 e. The summed E-state index contributed by atoms with van der Waals surface area (Å²) in [4.78, 5) is 15.4. The maximum atomic E-state index is 11.3. The summed E-state index contributed by atoms with van der Waals surface area (Å²) in [6.07, 6.45) is 6.69. The molecule has 0 saturated carbocycles. The zero-order valence-electron chi connectivity index (χ0n) is 8.93. The predicted octanol–water partition coefficient (Wildman–Crippen LogP) is 1.43. The molecule has 1 aromatic heterocycles. The van der Waals surface area contributed by atoms with Gasteiger partial charge in [-0.1, -0.05) is 6.92 Å². The SMILES string of the molecule is CC[C@@H]1C(=O)OC=C1Cc1cncn1C. The highest BCUT2D eigenvalue weighted by atomic mass is 16.5. The van der Waals surface area contributed by atoms with Crippen molar-refractivity contribution < 1.29 is 9.53 Å². The third-order valence-corrected chi connectivity index (χ3v) is 2.77. The second-order valence-electron chi connectivity index (χ2n) is 3.76. The van der Waals surface area contributed by atoms with Crippen molar-refractivity contribution in [3.8, 4) is 0 Å². The van der Waals surface area contributed by atoms with Gasteiger partial charge in [0.2, 0.25) is 0 Å². The molecule has 80 valence electrons. The third kappa shape index (κ3) is 1.79. The quantitative estimate of drug-likeness (QED) is 0.703. The van der Waals surface area contributed by atoms with Crippen molar-refractivity contribution in [1.82, 2.24) is 9.55 Å². The van der Waals surface area contributed by atoms with E-state index in [2.05, 4.69) is 4.98 Å². The minimum atomic E-state index is -0.130. The van der Waals surface area contributed by atoms with Gasteiger partial charge in [-0.2, -0.15) is 0 Å². The molecule has 1 aromatic rings. The summed E-state index contributed by atoms with van der Waals surface area (Å²) in [6, 6.07) is 0. The molecule has 0 bridgehead atoms. The van der Waals surface area contributed by atoms with Crippen LogP contribution in [0.5, 0.6) is 0 Å². The topological polar surface area (TPSA) is 44.1 Å². The van der Waals surface area contributed by atoms with Gasteiger partial charge in [0, 0.05) is 25.4 Å². The number of carbonyl (C=O) groups is 1. The Morgan fingerprint density at radius 2 is 2.40 bits per heavy atom. The lowest BCUT2D eigenvalue weighted by Gasteiger charge is -2.08. The molecule has 4 nitrogen and oxygen atoms in total. The van der Waals surface area contributed by atoms with Crippen molar-refractivity contribution in [2.75, 3.05) is 0 Å². The average Bonchev–Trinajstić information content (AvgIpc) is 2.76. The van der Waals surface area contributed by atoms with Gasteiger partial charge in [-0.15, -0.1) is 0 Å². The summed E-state index contributed by atoms with van der Waals surface area (Å²) in [5.41, 5.74) is 2.14. The van der Waals surface area contributed by atoms with Crippen LogP contribution in [0, 0.1) is 5.92 Å². The number of hydrogen-bond donors (Lipinski definition) is 0. The number of nitrogens with zero attached hydrogens (tertiary/aromatic N) is 2. The van der Waals surface area contributed by atoms with Gasteiger partial charge in [-0.3, -0.25) is 4.79 Å². The maximum Gasteiger partial charge on any atom is 0.318 e. The lowest BCUT2D eigenvalue weighted by atomic mass is 9.95. The van der Waals surface area contributed by atoms with E-state index in [-0.39, 0.29) is 11.9 Å². The van der Waals surface area contributed by atoms with Gasteiger partial charge in [-0.05, 0) is 12.0 Å². The van der Waals surface area contributed by atoms with E-state index in [1.807, 2.05) is 24.7 Å². The monoisotopic (exact) mass is 206 g/mol. The van der Waals surface area contributed by atoms with Crippen LogP contribution in [0.3, 0.4) is 0 Å². The molecule has 0 spiro atoms. The van der Waals surface area contributed by atoms with E-state index in [0.717, 1.165) is 24.1 Å². The minimum absolute atomic E-state index is 0.0695. The highest BCUT2D eigenvalue weighted by Crippen LogP contribution is 2.26. The summed E-state index contributed by atoms with van der Waals surface area (Å²) < 4.78 is 6.88. The van der Waals surface area contributed by atoms with Crippen molar-refractivity contribution in [2.24, 2.45) is 13.0 Å². The first-order valence-electron chi connectivity index (χ1n) is 5.07. The number of rotatable bonds is 3. The molecule has 0 saturated heterocycles. The van der Waals surface area contributed by atoms with Gasteiger partial charge in [0.05, 0.1) is 18.5 Å². The first-order valence-corrected chi connectivity index (χ1v) is 5.07.